The quantitative estimate of drug-likeness (QED) is 0.654. The Morgan fingerprint density at radius 1 is 1.22 bits per heavy atom. The number of thiazole rings is 1. The molecule has 3 aromatic rings. The van der Waals surface area contributed by atoms with Crippen LogP contribution in [-0.4, -0.2) is 20.7 Å². The first-order valence-corrected chi connectivity index (χ1v) is 8.80. The second-order valence-corrected chi connectivity index (χ2v) is 6.92. The lowest BCUT2D eigenvalue weighted by atomic mass is 9.98. The van der Waals surface area contributed by atoms with Crippen LogP contribution in [0, 0.1) is 6.92 Å². The molecule has 1 aromatic carbocycles. The van der Waals surface area contributed by atoms with Gasteiger partial charge in [0.05, 0.1) is 10.6 Å². The molecule has 0 amide bonds. The third-order valence-corrected chi connectivity index (χ3v) is 5.04. The standard InChI is InChI=1S/C18H15F3N4OS/c1-10-8-12(13-6-7-23-17(22)25-13)3-2-11(10)4-5-14(26)15-9-24-16(27-15)18(19,20)21/h2-3,6-9H,4-5H2,1H3,(H2,22,23,25). The zero-order valence-corrected chi connectivity index (χ0v) is 15.1. The van der Waals surface area contributed by atoms with Crippen LogP contribution in [0.4, 0.5) is 19.1 Å². The maximum Gasteiger partial charge on any atom is 0.443 e. The topological polar surface area (TPSA) is 81.8 Å². The van der Waals surface area contributed by atoms with Crippen molar-refractivity contribution in [3.8, 4) is 11.3 Å². The van der Waals surface area contributed by atoms with Gasteiger partial charge in [0, 0.05) is 24.4 Å². The molecule has 0 bridgehead atoms. The van der Waals surface area contributed by atoms with E-state index in [9.17, 15) is 18.0 Å². The van der Waals surface area contributed by atoms with E-state index >= 15 is 0 Å². The summed E-state index contributed by atoms with van der Waals surface area (Å²) in [5.74, 6) is -0.169. The fourth-order valence-electron chi connectivity index (χ4n) is 2.58. The molecule has 9 heteroatoms. The number of nitrogen functional groups attached to an aromatic ring is 1. The number of Topliss-reactive ketones (excluding diaryl/α,β-unsaturated/α-hetero) is 1. The van der Waals surface area contributed by atoms with Crippen LogP contribution in [-0.2, 0) is 12.6 Å². The Bertz CT molecular complexity index is 985. The molecule has 0 spiro atoms. The summed E-state index contributed by atoms with van der Waals surface area (Å²) < 4.78 is 37.8. The lowest BCUT2D eigenvalue weighted by molar-refractivity contribution is -0.137. The van der Waals surface area contributed by atoms with E-state index in [1.165, 1.54) is 0 Å². The Hall–Kier alpha value is -2.81. The number of aryl methyl sites for hydroxylation is 2. The van der Waals surface area contributed by atoms with Crippen LogP contribution in [0.15, 0.2) is 36.7 Å². The number of carbonyl (C=O) groups excluding carboxylic acids is 1. The summed E-state index contributed by atoms with van der Waals surface area (Å²) in [6.07, 6.45) is -1.43. The number of alkyl halides is 3. The van der Waals surface area contributed by atoms with Crippen molar-refractivity contribution in [1.82, 2.24) is 15.0 Å². The van der Waals surface area contributed by atoms with Gasteiger partial charge in [0.2, 0.25) is 5.95 Å². The molecule has 0 atom stereocenters. The molecule has 0 aliphatic heterocycles. The van der Waals surface area contributed by atoms with Crippen molar-refractivity contribution < 1.29 is 18.0 Å². The van der Waals surface area contributed by atoms with Crippen molar-refractivity contribution in [1.29, 1.82) is 0 Å². The summed E-state index contributed by atoms with van der Waals surface area (Å²) in [4.78, 5) is 23.5. The summed E-state index contributed by atoms with van der Waals surface area (Å²) in [5.41, 5.74) is 9.05. The van der Waals surface area contributed by atoms with Crippen LogP contribution in [0.5, 0.6) is 0 Å². The number of aromatic nitrogens is 3. The average Bonchev–Trinajstić information content (AvgIpc) is 3.11. The molecule has 2 heterocycles. The Kier molecular flexibility index (Phi) is 5.22. The van der Waals surface area contributed by atoms with E-state index in [4.69, 9.17) is 5.73 Å². The highest BCUT2D eigenvalue weighted by Crippen LogP contribution is 2.33. The third kappa shape index (κ3) is 4.48. The molecular formula is C18H15F3N4OS. The number of hydrogen-bond donors (Lipinski definition) is 1. The van der Waals surface area contributed by atoms with Crippen LogP contribution < -0.4 is 5.73 Å². The van der Waals surface area contributed by atoms with Gasteiger partial charge in [-0.15, -0.1) is 11.3 Å². The second-order valence-electron chi connectivity index (χ2n) is 5.89. The van der Waals surface area contributed by atoms with Crippen molar-refractivity contribution in [2.45, 2.75) is 25.9 Å². The highest BCUT2D eigenvalue weighted by atomic mass is 32.1. The number of nitrogens with zero attached hydrogens (tertiary/aromatic N) is 3. The van der Waals surface area contributed by atoms with Gasteiger partial charge in [-0.2, -0.15) is 13.2 Å². The van der Waals surface area contributed by atoms with Gasteiger partial charge in [0.25, 0.3) is 0 Å². The number of carbonyl (C=O) groups is 1. The molecular weight excluding hydrogens is 377 g/mol. The SMILES string of the molecule is Cc1cc(-c2ccnc(N)n2)ccc1CCC(=O)c1cnc(C(F)(F)F)s1. The first-order valence-electron chi connectivity index (χ1n) is 7.98. The lowest BCUT2D eigenvalue weighted by Crippen LogP contribution is -2.03. The highest BCUT2D eigenvalue weighted by molar-refractivity contribution is 7.13. The number of anilines is 1. The molecule has 140 valence electrons. The van der Waals surface area contributed by atoms with Gasteiger partial charge in [-0.1, -0.05) is 12.1 Å². The maximum absolute atomic E-state index is 12.6. The number of benzene rings is 1. The molecule has 27 heavy (non-hydrogen) atoms. The predicted octanol–water partition coefficient (Wildman–Crippen LogP) is 4.33. The first kappa shape index (κ1) is 19.0. The normalized spacial score (nSPS) is 11.6. The molecule has 0 fully saturated rings. The molecule has 0 radical (unpaired) electrons. The summed E-state index contributed by atoms with van der Waals surface area (Å²) in [6.45, 7) is 1.91. The number of rotatable bonds is 5. The first-order chi connectivity index (χ1) is 12.7. The number of halogens is 3. The van der Waals surface area contributed by atoms with E-state index in [2.05, 4.69) is 15.0 Å². The van der Waals surface area contributed by atoms with Crippen molar-refractivity contribution in [3.05, 3.63) is 57.7 Å². The molecule has 0 saturated heterocycles. The van der Waals surface area contributed by atoms with Gasteiger partial charge in [-0.05, 0) is 36.6 Å². The van der Waals surface area contributed by atoms with Crippen molar-refractivity contribution >= 4 is 23.1 Å². The third-order valence-electron chi connectivity index (χ3n) is 3.96. The Morgan fingerprint density at radius 3 is 2.63 bits per heavy atom. The minimum Gasteiger partial charge on any atom is -0.368 e. The summed E-state index contributed by atoms with van der Waals surface area (Å²) in [6, 6.07) is 7.42. The molecule has 5 nitrogen and oxygen atoms in total. The van der Waals surface area contributed by atoms with Gasteiger partial charge >= 0.3 is 6.18 Å². The number of nitrogens with two attached hydrogens (primary N) is 1. The van der Waals surface area contributed by atoms with Crippen molar-refractivity contribution in [2.24, 2.45) is 0 Å². The monoisotopic (exact) mass is 392 g/mol. The van der Waals surface area contributed by atoms with Crippen LogP contribution in [0.1, 0.15) is 32.2 Å². The highest BCUT2D eigenvalue weighted by Gasteiger charge is 2.35. The molecule has 3 rings (SSSR count). The molecule has 0 aliphatic rings. The predicted molar refractivity (Wildman–Crippen MR) is 96.4 cm³/mol. The molecule has 2 aromatic heterocycles. The van der Waals surface area contributed by atoms with Gasteiger partial charge in [0.1, 0.15) is 0 Å². The summed E-state index contributed by atoms with van der Waals surface area (Å²) >= 11 is 0.377. The van der Waals surface area contributed by atoms with Gasteiger partial charge in [-0.3, -0.25) is 4.79 Å². The van der Waals surface area contributed by atoms with E-state index in [0.717, 1.165) is 22.9 Å². The lowest BCUT2D eigenvalue weighted by Gasteiger charge is -2.08. The van der Waals surface area contributed by atoms with E-state index in [1.807, 2.05) is 25.1 Å². The average molecular weight is 392 g/mol. The molecule has 0 saturated carbocycles. The Morgan fingerprint density at radius 2 is 2.00 bits per heavy atom. The van der Waals surface area contributed by atoms with Crippen LogP contribution in [0.2, 0.25) is 0 Å². The zero-order chi connectivity index (χ0) is 19.6. The van der Waals surface area contributed by atoms with Crippen molar-refractivity contribution in [3.63, 3.8) is 0 Å². The molecule has 2 N–H and O–H groups in total. The number of ketones is 1. The summed E-state index contributed by atoms with van der Waals surface area (Å²) in [7, 11) is 0. The number of hydrogen-bond acceptors (Lipinski definition) is 6. The van der Waals surface area contributed by atoms with Gasteiger partial charge in [0.15, 0.2) is 10.8 Å². The van der Waals surface area contributed by atoms with Gasteiger partial charge < -0.3 is 5.73 Å². The smallest absolute Gasteiger partial charge is 0.368 e. The zero-order valence-electron chi connectivity index (χ0n) is 14.2. The molecule has 0 aliphatic carbocycles. The van der Waals surface area contributed by atoms with Crippen LogP contribution >= 0.6 is 11.3 Å². The Balaban J connectivity index is 1.69. The summed E-state index contributed by atoms with van der Waals surface area (Å²) in [5, 5.41) is -1.00. The fraction of sp³-hybridized carbons (Fsp3) is 0.222. The van der Waals surface area contributed by atoms with Crippen molar-refractivity contribution in [2.75, 3.05) is 5.73 Å². The van der Waals surface area contributed by atoms with E-state index in [1.54, 1.807) is 12.3 Å². The van der Waals surface area contributed by atoms with E-state index < -0.39 is 11.2 Å². The maximum atomic E-state index is 12.6. The van der Waals surface area contributed by atoms with E-state index in [-0.39, 0.29) is 23.0 Å². The fourth-order valence-corrected chi connectivity index (χ4v) is 3.33. The van der Waals surface area contributed by atoms with Gasteiger partial charge in [-0.25, -0.2) is 15.0 Å². The van der Waals surface area contributed by atoms with E-state index in [0.29, 0.717) is 23.5 Å². The molecule has 0 unspecified atom stereocenters. The minimum absolute atomic E-state index is 0.0214. The Labute approximate surface area is 157 Å². The van der Waals surface area contributed by atoms with Crippen LogP contribution in [0.3, 0.4) is 0 Å². The second kappa shape index (κ2) is 7.43. The minimum atomic E-state index is -4.53. The largest absolute Gasteiger partial charge is 0.443 e. The van der Waals surface area contributed by atoms with Crippen LogP contribution in [0.25, 0.3) is 11.3 Å².